The molecule has 7 heteroatoms. The molecule has 36 heavy (non-hydrogen) atoms. The zero-order valence-electron chi connectivity index (χ0n) is 22.1. The van der Waals surface area contributed by atoms with Crippen LogP contribution in [0.2, 0.25) is 0 Å². The fourth-order valence-electron chi connectivity index (χ4n) is 4.39. The van der Waals surface area contributed by atoms with Gasteiger partial charge in [0.15, 0.2) is 0 Å². The van der Waals surface area contributed by atoms with Crippen molar-refractivity contribution >= 4 is 17.7 Å². The Bertz CT molecular complexity index is 1070. The highest BCUT2D eigenvalue weighted by Crippen LogP contribution is 2.30. The normalized spacial score (nSPS) is 14.8. The zero-order chi connectivity index (χ0) is 26.3. The van der Waals surface area contributed by atoms with Crippen LogP contribution in [0, 0.1) is 17.2 Å². The number of carbonyl (C=O) groups is 2. The molecule has 0 bridgehead atoms. The topological polar surface area (TPSA) is 85.7 Å². The molecule has 7 nitrogen and oxygen atoms in total. The van der Waals surface area contributed by atoms with Crippen molar-refractivity contribution < 1.29 is 14.3 Å². The van der Waals surface area contributed by atoms with Gasteiger partial charge in [-0.1, -0.05) is 50.2 Å². The molecular weight excluding hydrogens is 452 g/mol. The predicted molar refractivity (Wildman–Crippen MR) is 143 cm³/mol. The molecule has 2 aromatic rings. The highest BCUT2D eigenvalue weighted by molar-refractivity contribution is 5.84. The number of benzene rings is 2. The number of carbonyl (C=O) groups excluding carboxylic acids is 2. The summed E-state index contributed by atoms with van der Waals surface area (Å²) in [5.74, 6) is -0.0522. The van der Waals surface area contributed by atoms with Crippen LogP contribution in [0.15, 0.2) is 48.5 Å². The van der Waals surface area contributed by atoms with Crippen molar-refractivity contribution in [1.82, 2.24) is 10.2 Å². The van der Waals surface area contributed by atoms with E-state index in [1.54, 1.807) is 4.90 Å². The van der Waals surface area contributed by atoms with Gasteiger partial charge in [-0.05, 0) is 61.9 Å². The second-order valence-corrected chi connectivity index (χ2v) is 10.7. The lowest BCUT2D eigenvalue weighted by Crippen LogP contribution is -2.50. The van der Waals surface area contributed by atoms with Crippen LogP contribution in [-0.2, 0) is 9.53 Å². The Hall–Kier alpha value is -3.53. The third kappa shape index (κ3) is 7.48. The van der Waals surface area contributed by atoms with Gasteiger partial charge in [0.05, 0.1) is 12.0 Å². The molecule has 1 saturated heterocycles. The number of piperazine rings is 1. The van der Waals surface area contributed by atoms with Gasteiger partial charge in [-0.25, -0.2) is 4.79 Å². The summed E-state index contributed by atoms with van der Waals surface area (Å²) < 4.78 is 5.49. The molecular formula is C29H38N4O3. The monoisotopic (exact) mass is 490 g/mol. The van der Waals surface area contributed by atoms with Crippen LogP contribution in [0.25, 0.3) is 11.1 Å². The molecule has 3 rings (SSSR count). The lowest BCUT2D eigenvalue weighted by Gasteiger charge is -2.36. The third-order valence-corrected chi connectivity index (χ3v) is 6.15. The first-order valence-corrected chi connectivity index (χ1v) is 12.7. The van der Waals surface area contributed by atoms with E-state index in [1.807, 2.05) is 39.0 Å². The quantitative estimate of drug-likeness (QED) is 0.541. The van der Waals surface area contributed by atoms with Gasteiger partial charge in [0, 0.05) is 31.9 Å². The second kappa shape index (κ2) is 11.9. The fourth-order valence-corrected chi connectivity index (χ4v) is 4.39. The van der Waals surface area contributed by atoms with Gasteiger partial charge in [-0.2, -0.15) is 5.26 Å². The van der Waals surface area contributed by atoms with Crippen molar-refractivity contribution in [3.05, 3.63) is 54.1 Å². The Balaban J connectivity index is 1.69. The van der Waals surface area contributed by atoms with Crippen LogP contribution in [0.1, 0.15) is 52.5 Å². The van der Waals surface area contributed by atoms with E-state index in [-0.39, 0.29) is 24.5 Å². The number of rotatable bonds is 7. The van der Waals surface area contributed by atoms with Crippen molar-refractivity contribution in [2.75, 3.05) is 37.6 Å². The van der Waals surface area contributed by atoms with Gasteiger partial charge < -0.3 is 19.9 Å². The van der Waals surface area contributed by atoms with Gasteiger partial charge in [0.25, 0.3) is 0 Å². The van der Waals surface area contributed by atoms with Gasteiger partial charge in [-0.3, -0.25) is 4.79 Å². The van der Waals surface area contributed by atoms with Gasteiger partial charge in [0.2, 0.25) is 5.91 Å². The Morgan fingerprint density at radius 3 is 2.28 bits per heavy atom. The molecule has 1 unspecified atom stereocenters. The molecule has 192 valence electrons. The number of ether oxygens (including phenoxy) is 1. The lowest BCUT2D eigenvalue weighted by molar-refractivity contribution is -0.122. The Kier molecular flexibility index (Phi) is 8.98. The third-order valence-electron chi connectivity index (χ3n) is 6.15. The Labute approximate surface area is 215 Å². The highest BCUT2D eigenvalue weighted by Gasteiger charge is 2.26. The Morgan fingerprint density at radius 2 is 1.69 bits per heavy atom. The first-order chi connectivity index (χ1) is 17.1. The minimum absolute atomic E-state index is 0.0145. The number of hydrogen-bond donors (Lipinski definition) is 1. The van der Waals surface area contributed by atoms with Crippen molar-refractivity contribution in [2.24, 2.45) is 5.92 Å². The molecule has 0 radical (unpaired) electrons. The van der Waals surface area contributed by atoms with Gasteiger partial charge >= 0.3 is 6.09 Å². The average Bonchev–Trinajstić information content (AvgIpc) is 2.85. The first kappa shape index (κ1) is 27.1. The highest BCUT2D eigenvalue weighted by atomic mass is 16.6. The summed E-state index contributed by atoms with van der Waals surface area (Å²) >= 11 is 0. The van der Waals surface area contributed by atoms with Crippen LogP contribution >= 0.6 is 0 Å². The maximum absolute atomic E-state index is 12.7. The average molecular weight is 491 g/mol. The maximum Gasteiger partial charge on any atom is 0.410 e. The molecule has 2 amide bonds. The number of nitrogens with one attached hydrogen (secondary N) is 1. The van der Waals surface area contributed by atoms with Crippen molar-refractivity contribution in [3.63, 3.8) is 0 Å². The summed E-state index contributed by atoms with van der Waals surface area (Å²) in [6, 6.07) is 18.5. The molecule has 0 aliphatic carbocycles. The largest absolute Gasteiger partial charge is 0.444 e. The number of nitriles is 1. The van der Waals surface area contributed by atoms with Crippen LogP contribution < -0.4 is 10.2 Å². The second-order valence-electron chi connectivity index (χ2n) is 10.7. The Morgan fingerprint density at radius 1 is 1.03 bits per heavy atom. The molecule has 2 aromatic carbocycles. The molecule has 1 fully saturated rings. The fraction of sp³-hybridized carbons (Fsp3) is 0.483. The first-order valence-electron chi connectivity index (χ1n) is 12.7. The van der Waals surface area contributed by atoms with Crippen LogP contribution in [0.4, 0.5) is 10.5 Å². The number of hydrogen-bond acceptors (Lipinski definition) is 5. The standard InChI is InChI=1S/C29H38N4O3/c1-21(2)19-26(27(34)31-14-13-30)24-8-6-7-23(20-24)22-9-11-25(12-10-22)32-15-17-33(18-16-32)28(35)36-29(3,4)5/h6-12,20-21,26H,14-19H2,1-5H3,(H,31,34). The van der Waals surface area contributed by atoms with Gasteiger partial charge in [-0.15, -0.1) is 0 Å². The van der Waals surface area contributed by atoms with E-state index in [2.05, 4.69) is 60.5 Å². The molecule has 1 atom stereocenters. The summed E-state index contributed by atoms with van der Waals surface area (Å²) in [6.07, 6.45) is 0.462. The number of amides is 2. The predicted octanol–water partition coefficient (Wildman–Crippen LogP) is 5.18. The smallest absolute Gasteiger partial charge is 0.410 e. The molecule has 0 saturated carbocycles. The number of anilines is 1. The van der Waals surface area contributed by atoms with Crippen LogP contribution in [-0.4, -0.2) is 55.2 Å². The van der Waals surface area contributed by atoms with E-state index < -0.39 is 5.60 Å². The minimum atomic E-state index is -0.489. The zero-order valence-corrected chi connectivity index (χ0v) is 22.1. The minimum Gasteiger partial charge on any atom is -0.444 e. The molecule has 1 aliphatic rings. The summed E-state index contributed by atoms with van der Waals surface area (Å²) in [5, 5.41) is 11.6. The SMILES string of the molecule is CC(C)CC(C(=O)NCC#N)c1cccc(-c2ccc(N3CCN(C(=O)OC(C)(C)C)CC3)cc2)c1. The number of nitrogens with zero attached hydrogens (tertiary/aromatic N) is 3. The van der Waals surface area contributed by atoms with Crippen molar-refractivity contribution in [2.45, 2.75) is 52.6 Å². The molecule has 1 heterocycles. The van der Waals surface area contributed by atoms with E-state index in [4.69, 9.17) is 10.00 Å². The van der Waals surface area contributed by atoms with E-state index in [1.165, 1.54) is 0 Å². The summed E-state index contributed by atoms with van der Waals surface area (Å²) in [5.41, 5.74) is 3.71. The van der Waals surface area contributed by atoms with Crippen LogP contribution in [0.3, 0.4) is 0 Å². The maximum atomic E-state index is 12.7. The molecule has 1 aliphatic heterocycles. The summed E-state index contributed by atoms with van der Waals surface area (Å²) in [6.45, 7) is 12.6. The van der Waals surface area contributed by atoms with E-state index in [9.17, 15) is 9.59 Å². The lowest BCUT2D eigenvalue weighted by atomic mass is 9.88. The molecule has 0 spiro atoms. The molecule has 1 N–H and O–H groups in total. The summed E-state index contributed by atoms with van der Waals surface area (Å²) in [4.78, 5) is 29.1. The summed E-state index contributed by atoms with van der Waals surface area (Å²) in [7, 11) is 0. The van der Waals surface area contributed by atoms with Crippen molar-refractivity contribution in [3.8, 4) is 17.2 Å². The van der Waals surface area contributed by atoms with Gasteiger partial charge in [0.1, 0.15) is 12.1 Å². The molecule has 0 aromatic heterocycles. The van der Waals surface area contributed by atoms with E-state index in [0.717, 1.165) is 41.9 Å². The van der Waals surface area contributed by atoms with Crippen LogP contribution in [0.5, 0.6) is 0 Å². The van der Waals surface area contributed by atoms with E-state index in [0.29, 0.717) is 19.0 Å². The van der Waals surface area contributed by atoms with Crippen molar-refractivity contribution in [1.29, 1.82) is 5.26 Å². The van der Waals surface area contributed by atoms with E-state index >= 15 is 0 Å².